The maximum absolute atomic E-state index is 11.9. The first-order chi connectivity index (χ1) is 10.8. The van der Waals surface area contributed by atoms with Crippen LogP contribution < -0.4 is 10.6 Å². The van der Waals surface area contributed by atoms with Crippen LogP contribution in [0.25, 0.3) is 0 Å². The number of benzene rings is 1. The van der Waals surface area contributed by atoms with Gasteiger partial charge in [0.2, 0.25) is 0 Å². The van der Waals surface area contributed by atoms with E-state index in [0.717, 1.165) is 0 Å². The normalized spacial score (nSPS) is 13.2. The number of aryl methyl sites for hydroxylation is 1. The highest BCUT2D eigenvalue weighted by atomic mass is 16.6. The molecule has 0 radical (unpaired) electrons. The molecule has 2 amide bonds. The van der Waals surface area contributed by atoms with Crippen LogP contribution in [0.5, 0.6) is 0 Å². The van der Waals surface area contributed by atoms with Gasteiger partial charge in [0.25, 0.3) is 5.69 Å². The predicted octanol–water partition coefficient (Wildman–Crippen LogP) is 1.36. The zero-order chi connectivity index (χ0) is 17.0. The highest BCUT2D eigenvalue weighted by Gasteiger charge is 2.25. The highest BCUT2D eigenvalue weighted by molar-refractivity contribution is 5.89. The van der Waals surface area contributed by atoms with Crippen molar-refractivity contribution in [1.29, 1.82) is 0 Å². The maximum Gasteiger partial charge on any atom is 0.319 e. The molecule has 9 heteroatoms. The number of carbonyl (C=O) groups is 1. The Morgan fingerprint density at radius 1 is 1.52 bits per heavy atom. The topological polar surface area (TPSA) is 122 Å². The van der Waals surface area contributed by atoms with Crippen LogP contribution in [-0.2, 0) is 12.6 Å². The van der Waals surface area contributed by atoms with Gasteiger partial charge >= 0.3 is 6.03 Å². The number of urea groups is 1. The molecule has 2 aromatic rings. The second-order valence-corrected chi connectivity index (χ2v) is 5.29. The molecule has 0 spiro atoms. The second kappa shape index (κ2) is 6.44. The van der Waals surface area contributed by atoms with E-state index < -0.39 is 16.6 Å². The number of amides is 2. The van der Waals surface area contributed by atoms with Crippen LogP contribution in [0, 0.1) is 10.1 Å². The number of non-ortho nitro benzene ring substituents is 1. The van der Waals surface area contributed by atoms with Crippen LogP contribution in [0.15, 0.2) is 36.7 Å². The second-order valence-electron chi connectivity index (χ2n) is 5.29. The fraction of sp³-hybridized carbons (Fsp3) is 0.286. The van der Waals surface area contributed by atoms with Crippen LogP contribution >= 0.6 is 0 Å². The number of hydrogen-bond donors (Lipinski definition) is 3. The van der Waals surface area contributed by atoms with Gasteiger partial charge in [-0.1, -0.05) is 6.07 Å². The first-order valence-electron chi connectivity index (χ1n) is 6.79. The molecule has 0 aliphatic carbocycles. The van der Waals surface area contributed by atoms with Crippen molar-refractivity contribution in [3.8, 4) is 0 Å². The van der Waals surface area contributed by atoms with Gasteiger partial charge < -0.3 is 15.7 Å². The Hall–Kier alpha value is -2.94. The molecular formula is C14H17N5O4. The van der Waals surface area contributed by atoms with E-state index in [1.807, 2.05) is 0 Å². The average molecular weight is 319 g/mol. The molecule has 0 aliphatic rings. The summed E-state index contributed by atoms with van der Waals surface area (Å²) in [4.78, 5) is 22.0. The highest BCUT2D eigenvalue weighted by Crippen LogP contribution is 2.19. The third-order valence-electron chi connectivity index (χ3n) is 3.23. The number of carbonyl (C=O) groups excluding carboxylic acids is 1. The lowest BCUT2D eigenvalue weighted by atomic mass is 10.00. The van der Waals surface area contributed by atoms with Crippen molar-refractivity contribution in [2.24, 2.45) is 7.05 Å². The number of nitro benzene ring substituents is 1. The summed E-state index contributed by atoms with van der Waals surface area (Å²) in [6.07, 6.45) is 3.17. The molecule has 0 bridgehead atoms. The minimum atomic E-state index is -1.28. The summed E-state index contributed by atoms with van der Waals surface area (Å²) in [6, 6.07) is 5.01. The van der Waals surface area contributed by atoms with Crippen molar-refractivity contribution in [3.63, 3.8) is 0 Å². The van der Waals surface area contributed by atoms with Gasteiger partial charge in [0, 0.05) is 36.6 Å². The number of nitrogens with one attached hydrogen (secondary N) is 2. The molecule has 0 unspecified atom stereocenters. The van der Waals surface area contributed by atoms with E-state index in [0.29, 0.717) is 5.56 Å². The fourth-order valence-electron chi connectivity index (χ4n) is 1.93. The van der Waals surface area contributed by atoms with E-state index >= 15 is 0 Å². The Bertz CT molecular complexity index is 725. The van der Waals surface area contributed by atoms with Crippen LogP contribution in [0.1, 0.15) is 12.5 Å². The van der Waals surface area contributed by atoms with E-state index in [-0.39, 0.29) is 17.9 Å². The van der Waals surface area contributed by atoms with E-state index in [2.05, 4.69) is 15.7 Å². The van der Waals surface area contributed by atoms with Gasteiger partial charge in [-0.05, 0) is 13.0 Å². The standard InChI is InChI=1S/C14H17N5O4/c1-14(21,10-7-16-18(2)8-10)9-15-13(20)17-11-4-3-5-12(6-11)19(22)23/h3-8,21H,9H2,1-2H3,(H2,15,17,20)/t14-/m0/s1. The maximum atomic E-state index is 11.9. The Kier molecular flexibility index (Phi) is 4.60. The number of nitrogens with zero attached hydrogens (tertiary/aromatic N) is 3. The SMILES string of the molecule is Cn1cc([C@@](C)(O)CNC(=O)Nc2cccc([N+](=O)[O-])c2)cn1. The van der Waals surface area contributed by atoms with Gasteiger partial charge in [0.05, 0.1) is 17.7 Å². The van der Waals surface area contributed by atoms with Crippen molar-refractivity contribution < 1.29 is 14.8 Å². The average Bonchev–Trinajstić information content (AvgIpc) is 2.93. The number of aromatic nitrogens is 2. The third-order valence-corrected chi connectivity index (χ3v) is 3.23. The number of aliphatic hydroxyl groups is 1. The molecule has 1 atom stereocenters. The zero-order valence-corrected chi connectivity index (χ0v) is 12.7. The van der Waals surface area contributed by atoms with Crippen molar-refractivity contribution in [2.75, 3.05) is 11.9 Å². The monoisotopic (exact) mass is 319 g/mol. The molecule has 1 aromatic carbocycles. The zero-order valence-electron chi connectivity index (χ0n) is 12.7. The number of anilines is 1. The van der Waals surface area contributed by atoms with Crippen LogP contribution in [-0.4, -0.2) is 32.4 Å². The van der Waals surface area contributed by atoms with Gasteiger partial charge in [-0.2, -0.15) is 5.10 Å². The van der Waals surface area contributed by atoms with E-state index in [1.165, 1.54) is 30.5 Å². The summed E-state index contributed by atoms with van der Waals surface area (Å²) < 4.78 is 1.55. The summed E-state index contributed by atoms with van der Waals surface area (Å²) in [5.41, 5.74) is -0.549. The van der Waals surface area contributed by atoms with Gasteiger partial charge in [-0.25, -0.2) is 4.79 Å². The molecule has 3 N–H and O–H groups in total. The molecule has 1 heterocycles. The number of rotatable bonds is 5. The predicted molar refractivity (Wildman–Crippen MR) is 82.9 cm³/mol. The molecule has 1 aromatic heterocycles. The third kappa shape index (κ3) is 4.27. The lowest BCUT2D eigenvalue weighted by Crippen LogP contribution is -2.40. The van der Waals surface area contributed by atoms with Crippen LogP contribution in [0.2, 0.25) is 0 Å². The summed E-state index contributed by atoms with van der Waals surface area (Å²) in [5.74, 6) is 0. The Labute approximate surface area is 132 Å². The summed E-state index contributed by atoms with van der Waals surface area (Å²) in [6.45, 7) is 1.51. The molecule has 0 aliphatic heterocycles. The van der Waals surface area contributed by atoms with Gasteiger partial charge in [-0.15, -0.1) is 0 Å². The number of hydrogen-bond acceptors (Lipinski definition) is 5. The Morgan fingerprint density at radius 3 is 2.87 bits per heavy atom. The van der Waals surface area contributed by atoms with Crippen LogP contribution in [0.3, 0.4) is 0 Å². The summed E-state index contributed by atoms with van der Waals surface area (Å²) in [5, 5.41) is 30.0. The summed E-state index contributed by atoms with van der Waals surface area (Å²) in [7, 11) is 1.72. The first-order valence-corrected chi connectivity index (χ1v) is 6.79. The largest absolute Gasteiger partial charge is 0.383 e. The van der Waals surface area contributed by atoms with E-state index in [9.17, 15) is 20.0 Å². The molecule has 122 valence electrons. The summed E-state index contributed by atoms with van der Waals surface area (Å²) >= 11 is 0. The molecule has 0 saturated heterocycles. The van der Waals surface area contributed by atoms with Crippen LogP contribution in [0.4, 0.5) is 16.2 Å². The van der Waals surface area contributed by atoms with Gasteiger partial charge in [-0.3, -0.25) is 14.8 Å². The minimum absolute atomic E-state index is 0.0422. The molecule has 0 fully saturated rings. The Balaban J connectivity index is 1.95. The van der Waals surface area contributed by atoms with Crippen molar-refractivity contribution in [2.45, 2.75) is 12.5 Å². The van der Waals surface area contributed by atoms with E-state index in [4.69, 9.17) is 0 Å². The minimum Gasteiger partial charge on any atom is -0.383 e. The first kappa shape index (κ1) is 16.4. The molecule has 23 heavy (non-hydrogen) atoms. The van der Waals surface area contributed by atoms with Crippen molar-refractivity contribution in [3.05, 3.63) is 52.3 Å². The van der Waals surface area contributed by atoms with Crippen molar-refractivity contribution in [1.82, 2.24) is 15.1 Å². The molecular weight excluding hydrogens is 302 g/mol. The molecule has 2 rings (SSSR count). The number of nitro groups is 1. The van der Waals surface area contributed by atoms with Gasteiger partial charge in [0.1, 0.15) is 5.60 Å². The smallest absolute Gasteiger partial charge is 0.319 e. The lowest BCUT2D eigenvalue weighted by molar-refractivity contribution is -0.384. The van der Waals surface area contributed by atoms with E-state index in [1.54, 1.807) is 24.9 Å². The van der Waals surface area contributed by atoms with Crippen molar-refractivity contribution >= 4 is 17.4 Å². The quantitative estimate of drug-likeness (QED) is 0.567. The molecule has 0 saturated carbocycles. The Morgan fingerprint density at radius 2 is 2.26 bits per heavy atom. The van der Waals surface area contributed by atoms with Gasteiger partial charge in [0.15, 0.2) is 0 Å². The fourth-order valence-corrected chi connectivity index (χ4v) is 1.93. The lowest BCUT2D eigenvalue weighted by Gasteiger charge is -2.22. The molecule has 9 nitrogen and oxygen atoms in total.